The summed E-state index contributed by atoms with van der Waals surface area (Å²) in [6, 6.07) is 21.6. The number of morpholine rings is 2. The fourth-order valence-corrected chi connectivity index (χ4v) is 9.89. The number of nitrogens with zero attached hydrogens (tertiary/aromatic N) is 2. The van der Waals surface area contributed by atoms with E-state index < -0.39 is 6.19 Å². The second kappa shape index (κ2) is 10.7. The Morgan fingerprint density at radius 3 is 2.03 bits per heavy atom. The Kier molecular flexibility index (Phi) is 7.44. The third-order valence-electron chi connectivity index (χ3n) is 6.76. The van der Waals surface area contributed by atoms with E-state index in [0.29, 0.717) is 0 Å². The van der Waals surface area contributed by atoms with Crippen molar-refractivity contribution in [2.24, 2.45) is 0 Å². The van der Waals surface area contributed by atoms with Gasteiger partial charge in [-0.15, -0.1) is 0 Å². The Hall–Kier alpha value is -1.75. The number of hydrogen-bond donors (Lipinski definition) is 0. The lowest BCUT2D eigenvalue weighted by Crippen LogP contribution is -2.40. The van der Waals surface area contributed by atoms with Crippen LogP contribution in [0.3, 0.4) is 0 Å². The molecule has 174 valence electrons. The molecule has 0 aromatic heterocycles. The van der Waals surface area contributed by atoms with Gasteiger partial charge in [0.05, 0.1) is 32.6 Å². The van der Waals surface area contributed by atoms with Crippen molar-refractivity contribution in [1.82, 2.24) is 9.57 Å². The average molecular weight is 481 g/mol. The van der Waals surface area contributed by atoms with Gasteiger partial charge in [-0.05, 0) is 36.5 Å². The minimum atomic E-state index is -2.14. The smallest absolute Gasteiger partial charge is 0.0692 e. The highest BCUT2D eigenvalue weighted by Gasteiger charge is 2.38. The molecular formula is C27H33N2O2PS. The Morgan fingerprint density at radius 1 is 0.758 bits per heavy atom. The number of allylic oxidation sites excluding steroid dienone is 2. The van der Waals surface area contributed by atoms with Crippen molar-refractivity contribution in [3.05, 3.63) is 82.8 Å². The van der Waals surface area contributed by atoms with Crippen molar-refractivity contribution in [2.45, 2.75) is 19.3 Å². The molecule has 0 amide bonds. The van der Waals surface area contributed by atoms with E-state index in [2.05, 4.69) is 76.3 Å². The van der Waals surface area contributed by atoms with Crippen molar-refractivity contribution < 1.29 is 9.47 Å². The summed E-state index contributed by atoms with van der Waals surface area (Å²) in [7, 11) is 0. The number of benzene rings is 2. The Balaban J connectivity index is 1.70. The average Bonchev–Trinajstić information content (AvgIpc) is 2.90. The fourth-order valence-electron chi connectivity index (χ4n) is 5.18. The predicted octanol–water partition coefficient (Wildman–Crippen LogP) is 4.85. The van der Waals surface area contributed by atoms with Crippen LogP contribution in [0.15, 0.2) is 77.2 Å². The summed E-state index contributed by atoms with van der Waals surface area (Å²) in [6.07, 6.45) is 3.57. The van der Waals surface area contributed by atoms with E-state index in [0.717, 1.165) is 71.9 Å². The van der Waals surface area contributed by atoms with E-state index in [4.69, 9.17) is 21.3 Å². The van der Waals surface area contributed by atoms with Crippen LogP contribution in [-0.4, -0.2) is 62.2 Å². The molecule has 0 N–H and O–H groups in total. The first kappa shape index (κ1) is 23.0. The van der Waals surface area contributed by atoms with Crippen molar-refractivity contribution >= 4 is 29.4 Å². The minimum absolute atomic E-state index is 0.762. The summed E-state index contributed by atoms with van der Waals surface area (Å²) >= 11 is 6.81. The zero-order valence-corrected chi connectivity index (χ0v) is 20.9. The monoisotopic (exact) mass is 480 g/mol. The van der Waals surface area contributed by atoms with E-state index in [1.165, 1.54) is 27.5 Å². The van der Waals surface area contributed by atoms with Crippen LogP contribution in [0.2, 0.25) is 0 Å². The molecule has 1 unspecified atom stereocenters. The Bertz CT molecular complexity index is 1040. The van der Waals surface area contributed by atoms with E-state index in [-0.39, 0.29) is 0 Å². The molecule has 0 spiro atoms. The topological polar surface area (TPSA) is 24.9 Å². The summed E-state index contributed by atoms with van der Waals surface area (Å²) in [5, 5.41) is 2.80. The molecule has 2 aromatic carbocycles. The van der Waals surface area contributed by atoms with Gasteiger partial charge in [0.2, 0.25) is 0 Å². The van der Waals surface area contributed by atoms with Crippen LogP contribution in [-0.2, 0) is 21.3 Å². The largest absolute Gasteiger partial charge is 0.379 e. The van der Waals surface area contributed by atoms with Gasteiger partial charge in [-0.2, -0.15) is 0 Å². The van der Waals surface area contributed by atoms with Crippen LogP contribution in [0, 0.1) is 0 Å². The van der Waals surface area contributed by atoms with Gasteiger partial charge in [-0.3, -0.25) is 4.67 Å². The van der Waals surface area contributed by atoms with Gasteiger partial charge < -0.3 is 14.4 Å². The molecule has 2 saturated heterocycles. The van der Waals surface area contributed by atoms with Gasteiger partial charge in [0.1, 0.15) is 0 Å². The molecule has 2 aromatic rings. The minimum Gasteiger partial charge on any atom is -0.379 e. The van der Waals surface area contributed by atoms with Crippen LogP contribution < -0.4 is 5.30 Å². The summed E-state index contributed by atoms with van der Waals surface area (Å²) in [6.45, 7) is 6.75. The molecule has 5 rings (SSSR count). The zero-order chi connectivity index (χ0) is 22.5. The summed E-state index contributed by atoms with van der Waals surface area (Å²) in [5.41, 5.74) is 4.11. The first-order valence-corrected chi connectivity index (χ1v) is 14.8. The van der Waals surface area contributed by atoms with Gasteiger partial charge >= 0.3 is 0 Å². The van der Waals surface area contributed by atoms with E-state index >= 15 is 0 Å². The van der Waals surface area contributed by atoms with E-state index in [1.54, 1.807) is 0 Å². The highest BCUT2D eigenvalue weighted by Crippen LogP contribution is 2.61. The number of ether oxygens (including phenoxy) is 2. The van der Waals surface area contributed by atoms with Gasteiger partial charge in [0.25, 0.3) is 0 Å². The SMILES string of the molecule is S=P(C1=C(N2CCOCC2)C(=Cc2ccccc2)CCC1)(c1ccccc1)N1CCOCC1. The molecule has 2 heterocycles. The van der Waals surface area contributed by atoms with E-state index in [1.807, 2.05) is 0 Å². The van der Waals surface area contributed by atoms with Crippen molar-refractivity contribution in [1.29, 1.82) is 0 Å². The number of hydrogen-bond acceptors (Lipinski definition) is 4. The lowest BCUT2D eigenvalue weighted by atomic mass is 9.94. The van der Waals surface area contributed by atoms with Crippen molar-refractivity contribution in [2.75, 3.05) is 52.6 Å². The maximum atomic E-state index is 6.81. The van der Waals surface area contributed by atoms with Crippen molar-refractivity contribution in [3.8, 4) is 0 Å². The quantitative estimate of drug-likeness (QED) is 0.570. The standard InChI is InChI=1S/C27H33N2O2PS/c33-32(25-11-5-2-6-12-25,29-16-20-31-21-17-29)26-13-7-10-24(22-23-8-3-1-4-9-23)27(26)28-14-18-30-19-15-28/h1-6,8-9,11-12,22H,7,10,13-21H2. The molecule has 0 bridgehead atoms. The maximum absolute atomic E-state index is 6.81. The Labute approximate surface area is 202 Å². The van der Waals surface area contributed by atoms with Gasteiger partial charge in [-0.1, -0.05) is 72.5 Å². The third kappa shape index (κ3) is 4.89. The molecule has 0 radical (unpaired) electrons. The van der Waals surface area contributed by atoms with Gasteiger partial charge in [-0.25, -0.2) is 0 Å². The summed E-state index contributed by atoms with van der Waals surface area (Å²) < 4.78 is 14.1. The summed E-state index contributed by atoms with van der Waals surface area (Å²) in [4.78, 5) is 2.57. The van der Waals surface area contributed by atoms with Crippen LogP contribution >= 0.6 is 6.19 Å². The predicted molar refractivity (Wildman–Crippen MR) is 140 cm³/mol. The first-order chi connectivity index (χ1) is 16.3. The molecule has 2 aliphatic heterocycles. The molecule has 0 saturated carbocycles. The Morgan fingerprint density at radius 2 is 1.36 bits per heavy atom. The first-order valence-electron chi connectivity index (χ1n) is 12.1. The number of rotatable bonds is 5. The maximum Gasteiger partial charge on any atom is 0.0692 e. The summed E-state index contributed by atoms with van der Waals surface area (Å²) in [5.74, 6) is 0. The van der Waals surface area contributed by atoms with Gasteiger partial charge in [0, 0.05) is 42.5 Å². The zero-order valence-electron chi connectivity index (χ0n) is 19.2. The molecule has 33 heavy (non-hydrogen) atoms. The van der Waals surface area contributed by atoms with Gasteiger partial charge in [0.15, 0.2) is 0 Å². The van der Waals surface area contributed by atoms with E-state index in [9.17, 15) is 0 Å². The van der Waals surface area contributed by atoms with Crippen LogP contribution in [0.5, 0.6) is 0 Å². The second-order valence-corrected chi connectivity index (χ2v) is 13.2. The molecule has 3 aliphatic rings. The molecule has 6 heteroatoms. The molecule has 2 fully saturated rings. The normalized spacial score (nSPS) is 23.5. The molecule has 1 aliphatic carbocycles. The highest BCUT2D eigenvalue weighted by molar-refractivity contribution is 8.19. The fraction of sp³-hybridized carbons (Fsp3) is 0.407. The van der Waals surface area contributed by atoms with Crippen LogP contribution in [0.4, 0.5) is 0 Å². The second-order valence-electron chi connectivity index (χ2n) is 8.81. The highest BCUT2D eigenvalue weighted by atomic mass is 32.4. The third-order valence-corrected chi connectivity index (χ3v) is 12.1. The molecule has 1 atom stereocenters. The molecular weight excluding hydrogens is 447 g/mol. The van der Waals surface area contributed by atoms with Crippen molar-refractivity contribution in [3.63, 3.8) is 0 Å². The molecule has 4 nitrogen and oxygen atoms in total. The lowest BCUT2D eigenvalue weighted by molar-refractivity contribution is 0.0539. The van der Waals surface area contributed by atoms with Crippen LogP contribution in [0.25, 0.3) is 6.08 Å². The van der Waals surface area contributed by atoms with Crippen LogP contribution in [0.1, 0.15) is 24.8 Å². The lowest BCUT2D eigenvalue weighted by Gasteiger charge is -2.44.